The Morgan fingerprint density at radius 2 is 1.14 bits per heavy atom. The summed E-state index contributed by atoms with van der Waals surface area (Å²) in [6.45, 7) is 0. The first-order valence-electron chi connectivity index (χ1n) is 0.698. The first-order chi connectivity index (χ1) is 2.00. The van der Waals surface area contributed by atoms with E-state index in [1.54, 1.807) is 0 Å². The molecule has 0 aliphatic carbocycles. The second-order valence-electron chi connectivity index (χ2n) is 0.448. The van der Waals surface area contributed by atoms with Crippen LogP contribution in [0.15, 0.2) is 0 Å². The van der Waals surface area contributed by atoms with E-state index in [9.17, 15) is 0 Å². The van der Waals surface area contributed by atoms with E-state index in [-0.39, 0.29) is 55.0 Å². The third-order valence-electron chi connectivity index (χ3n) is 0. The zero-order valence-electron chi connectivity index (χ0n) is 3.53. The van der Waals surface area contributed by atoms with Gasteiger partial charge >= 0.3 is 10.4 Å². The number of rotatable bonds is 0. The summed E-state index contributed by atoms with van der Waals surface area (Å²) < 4.78 is 31.6. The third-order valence-corrected chi connectivity index (χ3v) is 0. The summed E-state index contributed by atoms with van der Waals surface area (Å²) in [5.41, 5.74) is 0. The Balaban J connectivity index is -0.0000000800. The molecule has 0 aromatic rings. The molecule has 0 radical (unpaired) electrons. The fourth-order valence-corrected chi connectivity index (χ4v) is 0. The maximum Gasteiger partial charge on any atom is 0.394 e. The second kappa shape index (κ2) is 5.86. The van der Waals surface area contributed by atoms with E-state index in [1.807, 2.05) is 0 Å². The van der Waals surface area contributed by atoms with Crippen LogP contribution in [0.2, 0.25) is 0 Å². The Morgan fingerprint density at radius 3 is 1.14 bits per heavy atom. The summed E-state index contributed by atoms with van der Waals surface area (Å²) in [4.78, 5) is 0. The quantitative estimate of drug-likeness (QED) is 0.411. The van der Waals surface area contributed by atoms with Gasteiger partial charge in [-0.25, -0.2) is 0 Å². The Hall–Kier alpha value is 1.73. The van der Waals surface area contributed by atoms with Gasteiger partial charge in [-0.3, -0.25) is 9.11 Å². The van der Waals surface area contributed by atoms with Crippen LogP contribution in [0.5, 0.6) is 0 Å². The molecule has 0 aromatic heterocycles. The van der Waals surface area contributed by atoms with Gasteiger partial charge in [0.1, 0.15) is 0 Å². The molecule has 2 N–H and O–H groups in total. The van der Waals surface area contributed by atoms with Gasteiger partial charge in [-0.15, -0.1) is 0 Å². The summed E-state index contributed by atoms with van der Waals surface area (Å²) in [6, 6.07) is 0. The van der Waals surface area contributed by atoms with Crippen molar-refractivity contribution in [2.75, 3.05) is 0 Å². The first kappa shape index (κ1) is 15.9. The predicted molar refractivity (Wildman–Crippen MR) is 14.2 cm³/mol. The van der Waals surface area contributed by atoms with Crippen molar-refractivity contribution >= 4 is 10.4 Å². The van der Waals surface area contributed by atoms with Crippen molar-refractivity contribution in [2.24, 2.45) is 0 Å². The molecule has 0 spiro atoms. The molecular formula is H2CdHgO4S. The van der Waals surface area contributed by atoms with Crippen LogP contribution in [0.25, 0.3) is 0 Å². The molecule has 0 saturated carbocycles. The van der Waals surface area contributed by atoms with Crippen LogP contribution >= 0.6 is 0 Å². The fourth-order valence-electron chi connectivity index (χ4n) is 0. The summed E-state index contributed by atoms with van der Waals surface area (Å²) in [5, 5.41) is 0. The molecular weight excluding hydrogens is 409 g/mol. The third kappa shape index (κ3) is 85.0. The van der Waals surface area contributed by atoms with E-state index in [2.05, 4.69) is 0 Å². The zero-order valence-corrected chi connectivity index (χ0v) is 13.9. The van der Waals surface area contributed by atoms with Gasteiger partial charge in [0.05, 0.1) is 0 Å². The smallest absolute Gasteiger partial charge is 0.264 e. The Kier molecular flexibility index (Phi) is 13.3. The van der Waals surface area contributed by atoms with E-state index < -0.39 is 10.4 Å². The molecule has 0 heterocycles. The number of hydrogen-bond acceptors (Lipinski definition) is 2. The van der Waals surface area contributed by atoms with E-state index in [0.717, 1.165) is 0 Å². The topological polar surface area (TPSA) is 74.6 Å². The molecule has 0 saturated heterocycles. The van der Waals surface area contributed by atoms with Gasteiger partial charge in [-0.2, -0.15) is 8.42 Å². The maximum absolute atomic E-state index is 8.74. The zero-order chi connectivity index (χ0) is 4.50. The van der Waals surface area contributed by atoms with Crippen molar-refractivity contribution in [3.63, 3.8) is 0 Å². The average Bonchev–Trinajstić information content (AvgIpc) is 0.722. The van der Waals surface area contributed by atoms with Gasteiger partial charge in [0.15, 0.2) is 0 Å². The molecule has 0 unspecified atom stereocenters. The van der Waals surface area contributed by atoms with Crippen molar-refractivity contribution in [3.8, 4) is 0 Å². The molecule has 0 rings (SSSR count). The van der Waals surface area contributed by atoms with Crippen LogP contribution in [0.1, 0.15) is 0 Å². The molecule has 7 heteroatoms. The maximum atomic E-state index is 8.74. The van der Waals surface area contributed by atoms with Gasteiger partial charge in [-0.05, 0) is 0 Å². The van der Waals surface area contributed by atoms with E-state index >= 15 is 0 Å². The van der Waals surface area contributed by atoms with Crippen molar-refractivity contribution in [1.82, 2.24) is 0 Å². The van der Waals surface area contributed by atoms with Crippen LogP contribution in [0.3, 0.4) is 0 Å². The predicted octanol–water partition coefficient (Wildman–Crippen LogP) is -0.658. The molecule has 36 valence electrons. The molecule has 0 bridgehead atoms. The van der Waals surface area contributed by atoms with Crippen LogP contribution in [-0.2, 0) is 65.4 Å². The van der Waals surface area contributed by atoms with Gasteiger partial charge in [-0.1, -0.05) is 0 Å². The molecule has 0 fully saturated rings. The summed E-state index contributed by atoms with van der Waals surface area (Å²) in [5.74, 6) is 0. The van der Waals surface area contributed by atoms with Gasteiger partial charge in [0.2, 0.25) is 0 Å². The summed E-state index contributed by atoms with van der Waals surface area (Å²) >= 11 is 0. The van der Waals surface area contributed by atoms with Gasteiger partial charge in [0.25, 0.3) is 0 Å². The van der Waals surface area contributed by atoms with E-state index in [0.29, 0.717) is 0 Å². The minimum Gasteiger partial charge on any atom is -0.264 e. The summed E-state index contributed by atoms with van der Waals surface area (Å²) in [7, 11) is -4.67. The van der Waals surface area contributed by atoms with Crippen molar-refractivity contribution in [2.45, 2.75) is 0 Å². The fraction of sp³-hybridized carbons (Fsp3) is 0. The van der Waals surface area contributed by atoms with E-state index in [1.165, 1.54) is 0 Å². The average molecular weight is 411 g/mol. The molecule has 0 amide bonds. The standard InChI is InChI=1S/Cd.Hg.H2O4S/c;;1-5(2,3)4/h;;(H2,1,2,3,4). The van der Waals surface area contributed by atoms with Crippen molar-refractivity contribution in [1.29, 1.82) is 0 Å². The molecule has 7 heavy (non-hydrogen) atoms. The Morgan fingerprint density at radius 1 is 1.14 bits per heavy atom. The first-order valence-corrected chi connectivity index (χ1v) is 2.10. The molecule has 0 aliphatic heterocycles. The second-order valence-corrected chi connectivity index (χ2v) is 1.34. The van der Waals surface area contributed by atoms with Crippen molar-refractivity contribution < 1.29 is 72.5 Å². The normalized spacial score (nSPS) is 8.29. The molecule has 0 aliphatic rings. The number of hydrogen-bond donors (Lipinski definition) is 2. The minimum absolute atomic E-state index is 0. The van der Waals surface area contributed by atoms with Crippen molar-refractivity contribution in [3.05, 3.63) is 0 Å². The Labute approximate surface area is 81.9 Å². The largest absolute Gasteiger partial charge is 0.394 e. The molecule has 0 atom stereocenters. The van der Waals surface area contributed by atoms with Crippen LogP contribution in [-0.4, -0.2) is 17.5 Å². The van der Waals surface area contributed by atoms with Crippen LogP contribution < -0.4 is 0 Å². The summed E-state index contributed by atoms with van der Waals surface area (Å²) in [6.07, 6.45) is 0. The molecule has 4 nitrogen and oxygen atoms in total. The molecule has 0 aromatic carbocycles. The SMILES string of the molecule is O=S(=O)(O)O.[Cd].[Hg]. The minimum atomic E-state index is -4.67. The van der Waals surface area contributed by atoms with Crippen LogP contribution in [0, 0.1) is 0 Å². The monoisotopic (exact) mass is 414 g/mol. The van der Waals surface area contributed by atoms with Gasteiger partial charge in [0, 0.05) is 55.0 Å². The van der Waals surface area contributed by atoms with Gasteiger partial charge < -0.3 is 0 Å². The van der Waals surface area contributed by atoms with Crippen LogP contribution in [0.4, 0.5) is 0 Å². The van der Waals surface area contributed by atoms with E-state index in [4.69, 9.17) is 17.5 Å². The Bertz CT molecular complexity index is 94.9.